The number of carbonyl (C=O) groups is 2. The maximum Gasteiger partial charge on any atom is 0.303 e. The SMILES string of the molecule is CC(N)(C(=O)Nc1cccc(CCC(=O)O)c1)C1CC1. The lowest BCUT2D eigenvalue weighted by atomic mass is 9.96. The number of carbonyl (C=O) groups excluding carboxylic acids is 1. The molecular formula is C15H20N2O3. The van der Waals surface area contributed by atoms with Crippen molar-refractivity contribution in [2.75, 3.05) is 5.32 Å². The van der Waals surface area contributed by atoms with Crippen LogP contribution in [0, 0.1) is 5.92 Å². The number of nitrogens with two attached hydrogens (primary N) is 1. The zero-order valence-corrected chi connectivity index (χ0v) is 11.6. The Labute approximate surface area is 118 Å². The van der Waals surface area contributed by atoms with E-state index in [1.807, 2.05) is 6.07 Å². The van der Waals surface area contributed by atoms with Gasteiger partial charge in [0.05, 0.1) is 5.54 Å². The van der Waals surface area contributed by atoms with E-state index in [-0.39, 0.29) is 18.2 Å². The highest BCUT2D eigenvalue weighted by Crippen LogP contribution is 2.38. The normalized spacial score (nSPS) is 17.3. The van der Waals surface area contributed by atoms with Gasteiger partial charge < -0.3 is 16.2 Å². The van der Waals surface area contributed by atoms with Crippen LogP contribution in [-0.2, 0) is 16.0 Å². The molecule has 1 unspecified atom stereocenters. The number of nitrogens with one attached hydrogen (secondary N) is 1. The van der Waals surface area contributed by atoms with E-state index in [1.54, 1.807) is 25.1 Å². The van der Waals surface area contributed by atoms with Crippen molar-refractivity contribution in [1.29, 1.82) is 0 Å². The molecular weight excluding hydrogens is 256 g/mol. The molecule has 1 fully saturated rings. The van der Waals surface area contributed by atoms with Crippen LogP contribution in [0.15, 0.2) is 24.3 Å². The van der Waals surface area contributed by atoms with Crippen LogP contribution < -0.4 is 11.1 Å². The fourth-order valence-corrected chi connectivity index (χ4v) is 2.19. The van der Waals surface area contributed by atoms with Gasteiger partial charge in [-0.3, -0.25) is 9.59 Å². The van der Waals surface area contributed by atoms with Gasteiger partial charge in [0, 0.05) is 12.1 Å². The van der Waals surface area contributed by atoms with Crippen molar-refractivity contribution in [2.24, 2.45) is 11.7 Å². The summed E-state index contributed by atoms with van der Waals surface area (Å²) in [6, 6.07) is 7.23. The molecule has 1 aliphatic rings. The number of carboxylic acid groups (broad SMARTS) is 1. The van der Waals surface area contributed by atoms with Crippen molar-refractivity contribution in [1.82, 2.24) is 0 Å². The van der Waals surface area contributed by atoms with Gasteiger partial charge in [0.15, 0.2) is 0 Å². The van der Waals surface area contributed by atoms with Gasteiger partial charge in [-0.1, -0.05) is 12.1 Å². The summed E-state index contributed by atoms with van der Waals surface area (Å²) < 4.78 is 0. The Morgan fingerprint density at radius 3 is 2.75 bits per heavy atom. The molecule has 1 saturated carbocycles. The van der Waals surface area contributed by atoms with Gasteiger partial charge >= 0.3 is 5.97 Å². The molecule has 1 atom stereocenters. The Hall–Kier alpha value is -1.88. The smallest absolute Gasteiger partial charge is 0.303 e. The third kappa shape index (κ3) is 3.57. The minimum Gasteiger partial charge on any atom is -0.481 e. The average molecular weight is 276 g/mol. The lowest BCUT2D eigenvalue weighted by Gasteiger charge is -2.23. The molecule has 0 spiro atoms. The van der Waals surface area contributed by atoms with E-state index in [9.17, 15) is 9.59 Å². The number of carboxylic acids is 1. The number of hydrogen-bond acceptors (Lipinski definition) is 3. The van der Waals surface area contributed by atoms with E-state index in [0.717, 1.165) is 18.4 Å². The Bertz CT molecular complexity index is 522. The quantitative estimate of drug-likeness (QED) is 0.738. The second-order valence-corrected chi connectivity index (χ2v) is 5.61. The average Bonchev–Trinajstić information content (AvgIpc) is 3.21. The van der Waals surface area contributed by atoms with E-state index in [4.69, 9.17) is 10.8 Å². The minimum absolute atomic E-state index is 0.0775. The lowest BCUT2D eigenvalue weighted by molar-refractivity contribution is -0.137. The molecule has 20 heavy (non-hydrogen) atoms. The molecule has 1 aliphatic carbocycles. The van der Waals surface area contributed by atoms with Crippen LogP contribution in [0.5, 0.6) is 0 Å². The van der Waals surface area contributed by atoms with E-state index >= 15 is 0 Å². The van der Waals surface area contributed by atoms with Crippen LogP contribution in [0.3, 0.4) is 0 Å². The molecule has 0 aliphatic heterocycles. The zero-order chi connectivity index (χ0) is 14.8. The molecule has 0 aromatic heterocycles. The standard InChI is InChI=1S/C15H20N2O3/c1-15(16,11-6-7-11)14(20)17-12-4-2-3-10(9-12)5-8-13(18)19/h2-4,9,11H,5-8,16H2,1H3,(H,17,20)(H,18,19). The molecule has 0 heterocycles. The van der Waals surface area contributed by atoms with E-state index < -0.39 is 11.5 Å². The number of aryl methyl sites for hydroxylation is 1. The van der Waals surface area contributed by atoms with Gasteiger partial charge in [0.1, 0.15) is 0 Å². The van der Waals surface area contributed by atoms with Crippen molar-refractivity contribution in [3.05, 3.63) is 29.8 Å². The largest absolute Gasteiger partial charge is 0.481 e. The molecule has 5 heteroatoms. The molecule has 5 nitrogen and oxygen atoms in total. The summed E-state index contributed by atoms with van der Waals surface area (Å²) in [5.41, 5.74) is 6.77. The highest BCUT2D eigenvalue weighted by molar-refractivity contribution is 5.98. The van der Waals surface area contributed by atoms with Crippen LogP contribution in [-0.4, -0.2) is 22.5 Å². The highest BCUT2D eigenvalue weighted by Gasteiger charge is 2.44. The molecule has 4 N–H and O–H groups in total. The summed E-state index contributed by atoms with van der Waals surface area (Å²) in [4.78, 5) is 22.7. The zero-order valence-electron chi connectivity index (χ0n) is 11.6. The van der Waals surface area contributed by atoms with E-state index in [0.29, 0.717) is 12.1 Å². The van der Waals surface area contributed by atoms with Crippen molar-refractivity contribution < 1.29 is 14.7 Å². The maximum absolute atomic E-state index is 12.2. The van der Waals surface area contributed by atoms with Gasteiger partial charge in [-0.05, 0) is 49.8 Å². The fourth-order valence-electron chi connectivity index (χ4n) is 2.19. The van der Waals surface area contributed by atoms with Crippen molar-refractivity contribution >= 4 is 17.6 Å². The minimum atomic E-state index is -0.836. The fraction of sp³-hybridized carbons (Fsp3) is 0.467. The summed E-state index contributed by atoms with van der Waals surface area (Å²) in [5.74, 6) is -0.754. The van der Waals surface area contributed by atoms with Gasteiger partial charge in [-0.2, -0.15) is 0 Å². The first-order chi connectivity index (χ1) is 9.39. The van der Waals surface area contributed by atoms with Crippen molar-refractivity contribution in [3.8, 4) is 0 Å². The maximum atomic E-state index is 12.2. The third-order valence-corrected chi connectivity index (χ3v) is 3.73. The molecule has 0 radical (unpaired) electrons. The predicted molar refractivity (Wildman–Crippen MR) is 76.3 cm³/mol. The first-order valence-electron chi connectivity index (χ1n) is 6.80. The second-order valence-electron chi connectivity index (χ2n) is 5.61. The van der Waals surface area contributed by atoms with E-state index in [1.165, 1.54) is 0 Å². The van der Waals surface area contributed by atoms with E-state index in [2.05, 4.69) is 5.32 Å². The topological polar surface area (TPSA) is 92.4 Å². The first kappa shape index (κ1) is 14.5. The Balaban J connectivity index is 2.00. The van der Waals surface area contributed by atoms with Crippen molar-refractivity contribution in [2.45, 2.75) is 38.1 Å². The highest BCUT2D eigenvalue weighted by atomic mass is 16.4. The van der Waals surface area contributed by atoms with Crippen LogP contribution in [0.1, 0.15) is 31.7 Å². The number of aliphatic carboxylic acids is 1. The van der Waals surface area contributed by atoms with Crippen LogP contribution in [0.25, 0.3) is 0 Å². The van der Waals surface area contributed by atoms with Gasteiger partial charge in [-0.25, -0.2) is 0 Å². The number of anilines is 1. The lowest BCUT2D eigenvalue weighted by Crippen LogP contribution is -2.50. The number of hydrogen-bond donors (Lipinski definition) is 3. The second kappa shape index (κ2) is 5.63. The van der Waals surface area contributed by atoms with Crippen LogP contribution >= 0.6 is 0 Å². The summed E-state index contributed by atoms with van der Waals surface area (Å²) in [6.45, 7) is 1.76. The van der Waals surface area contributed by atoms with Gasteiger partial charge in [-0.15, -0.1) is 0 Å². The summed E-state index contributed by atoms with van der Waals surface area (Å²) in [7, 11) is 0. The Morgan fingerprint density at radius 1 is 1.45 bits per heavy atom. The summed E-state index contributed by atoms with van der Waals surface area (Å²) in [5, 5.41) is 11.5. The Kier molecular flexibility index (Phi) is 4.09. The molecule has 1 amide bonds. The number of rotatable bonds is 6. The van der Waals surface area contributed by atoms with Gasteiger partial charge in [0.25, 0.3) is 0 Å². The Morgan fingerprint density at radius 2 is 2.15 bits per heavy atom. The summed E-state index contributed by atoms with van der Waals surface area (Å²) in [6.07, 6.45) is 2.52. The molecule has 108 valence electrons. The number of amides is 1. The van der Waals surface area contributed by atoms with Gasteiger partial charge in [0.2, 0.25) is 5.91 Å². The van der Waals surface area contributed by atoms with Crippen molar-refractivity contribution in [3.63, 3.8) is 0 Å². The van der Waals surface area contributed by atoms with Crippen LogP contribution in [0.4, 0.5) is 5.69 Å². The monoisotopic (exact) mass is 276 g/mol. The predicted octanol–water partition coefficient (Wildman–Crippen LogP) is 1.77. The molecule has 0 saturated heterocycles. The van der Waals surface area contributed by atoms with Crippen LogP contribution in [0.2, 0.25) is 0 Å². The molecule has 1 aromatic rings. The first-order valence-corrected chi connectivity index (χ1v) is 6.80. The molecule has 1 aromatic carbocycles. The third-order valence-electron chi connectivity index (χ3n) is 3.73. The number of benzene rings is 1. The molecule has 2 rings (SSSR count). The summed E-state index contributed by atoms with van der Waals surface area (Å²) >= 11 is 0. The molecule has 0 bridgehead atoms.